The van der Waals surface area contributed by atoms with Crippen molar-refractivity contribution < 1.29 is 41.0 Å². The molecule has 0 saturated heterocycles. The van der Waals surface area contributed by atoms with Gasteiger partial charge in [-0.3, -0.25) is 0 Å². The standard InChI is InChI=1S/C21H25F3N2O6S/c1-2-11-31-17-7-9-19(10-8-17)33(29,30)26-20(28)25-13-16(14-27)12-15-3-5-18(6-4-15)32-21(22,23)24/h3-10,16,27H,2,11-14H2,1H3,(H2,25,26,28). The van der Waals surface area contributed by atoms with Crippen LogP contribution in [0.1, 0.15) is 18.9 Å². The minimum absolute atomic E-state index is 0.0670. The lowest BCUT2D eigenvalue weighted by atomic mass is 10.00. The molecule has 0 spiro atoms. The molecule has 2 amide bonds. The van der Waals surface area contributed by atoms with Crippen molar-refractivity contribution in [1.29, 1.82) is 0 Å². The van der Waals surface area contributed by atoms with E-state index in [1.165, 1.54) is 36.4 Å². The van der Waals surface area contributed by atoms with Crippen LogP contribution in [0.2, 0.25) is 0 Å². The van der Waals surface area contributed by atoms with Crippen LogP contribution in [0.15, 0.2) is 53.4 Å². The molecule has 0 aliphatic heterocycles. The molecule has 182 valence electrons. The summed E-state index contributed by atoms with van der Waals surface area (Å²) in [5, 5.41) is 11.9. The normalized spacial score (nSPS) is 12.6. The topological polar surface area (TPSA) is 114 Å². The smallest absolute Gasteiger partial charge is 0.494 e. The van der Waals surface area contributed by atoms with Gasteiger partial charge in [0.1, 0.15) is 11.5 Å². The molecule has 2 rings (SSSR count). The van der Waals surface area contributed by atoms with Gasteiger partial charge in [0.15, 0.2) is 0 Å². The number of alkyl halides is 3. The highest BCUT2D eigenvalue weighted by Gasteiger charge is 2.31. The van der Waals surface area contributed by atoms with Crippen LogP contribution >= 0.6 is 0 Å². The van der Waals surface area contributed by atoms with Crippen LogP contribution in [0.25, 0.3) is 0 Å². The molecule has 0 aromatic heterocycles. The van der Waals surface area contributed by atoms with E-state index in [0.717, 1.165) is 18.6 Å². The first-order valence-corrected chi connectivity index (χ1v) is 11.5. The van der Waals surface area contributed by atoms with Crippen LogP contribution in [0.3, 0.4) is 0 Å². The Kier molecular flexibility index (Phi) is 9.35. The number of halogens is 3. The monoisotopic (exact) mass is 490 g/mol. The summed E-state index contributed by atoms with van der Waals surface area (Å²) in [7, 11) is -4.12. The minimum atomic E-state index is -4.79. The fourth-order valence-corrected chi connectivity index (χ4v) is 3.68. The van der Waals surface area contributed by atoms with Gasteiger partial charge in [-0.25, -0.2) is 17.9 Å². The van der Waals surface area contributed by atoms with Gasteiger partial charge in [-0.1, -0.05) is 19.1 Å². The van der Waals surface area contributed by atoms with Gasteiger partial charge in [-0.05, 0) is 54.8 Å². The predicted octanol–water partition coefficient (Wildman–Crippen LogP) is 3.21. The summed E-state index contributed by atoms with van der Waals surface area (Å²) in [6.07, 6.45) is -3.76. The van der Waals surface area contributed by atoms with Crippen molar-refractivity contribution in [2.45, 2.75) is 31.0 Å². The SMILES string of the molecule is CCCOc1ccc(S(=O)(=O)NC(=O)NCC(CO)Cc2ccc(OC(F)(F)F)cc2)cc1. The van der Waals surface area contributed by atoms with Crippen molar-refractivity contribution in [3.05, 3.63) is 54.1 Å². The quantitative estimate of drug-likeness (QED) is 0.446. The van der Waals surface area contributed by atoms with Crippen LogP contribution in [-0.2, 0) is 16.4 Å². The zero-order chi connectivity index (χ0) is 24.5. The van der Waals surface area contributed by atoms with Gasteiger partial charge in [-0.15, -0.1) is 13.2 Å². The van der Waals surface area contributed by atoms with E-state index in [9.17, 15) is 31.5 Å². The number of sulfonamides is 1. The summed E-state index contributed by atoms with van der Waals surface area (Å²) in [5.41, 5.74) is 0.601. The van der Waals surface area contributed by atoms with Gasteiger partial charge in [-0.2, -0.15) is 0 Å². The summed E-state index contributed by atoms with van der Waals surface area (Å²) in [5.74, 6) is -0.369. The maximum Gasteiger partial charge on any atom is 0.573 e. The third-order valence-corrected chi connectivity index (χ3v) is 5.67. The molecule has 0 fully saturated rings. The number of benzene rings is 2. The van der Waals surface area contributed by atoms with E-state index in [1.807, 2.05) is 11.6 Å². The number of aliphatic hydroxyl groups is 1. The van der Waals surface area contributed by atoms with E-state index < -0.39 is 28.3 Å². The molecule has 1 unspecified atom stereocenters. The number of amides is 2. The van der Waals surface area contributed by atoms with Gasteiger partial charge in [0.25, 0.3) is 10.0 Å². The maximum atomic E-state index is 12.4. The van der Waals surface area contributed by atoms with Gasteiger partial charge in [0, 0.05) is 19.1 Å². The second kappa shape index (κ2) is 11.8. The molecule has 2 aromatic rings. The molecule has 0 bridgehead atoms. The maximum absolute atomic E-state index is 12.4. The Balaban J connectivity index is 1.87. The Bertz CT molecular complexity index is 996. The molecule has 1 atom stereocenters. The van der Waals surface area contributed by atoms with Crippen LogP contribution in [0, 0.1) is 5.92 Å². The lowest BCUT2D eigenvalue weighted by Crippen LogP contribution is -2.42. The largest absolute Gasteiger partial charge is 0.573 e. The first-order valence-electron chi connectivity index (χ1n) is 10.0. The molecular formula is C21H25F3N2O6S. The van der Waals surface area contributed by atoms with Crippen LogP contribution in [-0.4, -0.2) is 45.7 Å². The van der Waals surface area contributed by atoms with Gasteiger partial charge in [0.05, 0.1) is 11.5 Å². The van der Waals surface area contributed by atoms with Crippen LogP contribution in [0.4, 0.5) is 18.0 Å². The van der Waals surface area contributed by atoms with Crippen molar-refractivity contribution in [2.24, 2.45) is 5.92 Å². The van der Waals surface area contributed by atoms with Crippen molar-refractivity contribution in [3.63, 3.8) is 0 Å². The Labute approximate surface area is 189 Å². The average Bonchev–Trinajstić information content (AvgIpc) is 2.75. The number of carbonyl (C=O) groups excluding carboxylic acids is 1. The summed E-state index contributed by atoms with van der Waals surface area (Å²) in [6, 6.07) is 9.69. The summed E-state index contributed by atoms with van der Waals surface area (Å²) in [6.45, 7) is 2.02. The molecule has 12 heteroatoms. The number of nitrogens with one attached hydrogen (secondary N) is 2. The fourth-order valence-electron chi connectivity index (χ4n) is 2.75. The first kappa shape index (κ1) is 26.3. The van der Waals surface area contributed by atoms with Crippen LogP contribution in [0.5, 0.6) is 11.5 Å². The number of ether oxygens (including phenoxy) is 2. The highest BCUT2D eigenvalue weighted by atomic mass is 32.2. The van der Waals surface area contributed by atoms with Crippen molar-refractivity contribution in [1.82, 2.24) is 10.0 Å². The Hall–Kier alpha value is -2.99. The number of rotatable bonds is 11. The second-order valence-electron chi connectivity index (χ2n) is 7.08. The van der Waals surface area contributed by atoms with Gasteiger partial charge in [0.2, 0.25) is 0 Å². The molecule has 0 radical (unpaired) electrons. The van der Waals surface area contributed by atoms with E-state index in [2.05, 4.69) is 10.1 Å². The number of hydrogen-bond acceptors (Lipinski definition) is 6. The van der Waals surface area contributed by atoms with E-state index >= 15 is 0 Å². The summed E-state index contributed by atoms with van der Waals surface area (Å²) in [4.78, 5) is 11.9. The van der Waals surface area contributed by atoms with Gasteiger partial charge >= 0.3 is 12.4 Å². The highest BCUT2D eigenvalue weighted by molar-refractivity contribution is 7.90. The van der Waals surface area contributed by atoms with E-state index in [-0.39, 0.29) is 30.2 Å². The number of carbonyl (C=O) groups is 1. The third kappa shape index (κ3) is 9.18. The minimum Gasteiger partial charge on any atom is -0.494 e. The predicted molar refractivity (Wildman–Crippen MR) is 113 cm³/mol. The Morgan fingerprint density at radius 1 is 1.06 bits per heavy atom. The van der Waals surface area contributed by atoms with Crippen LogP contribution < -0.4 is 19.5 Å². The van der Waals surface area contributed by atoms with Gasteiger partial charge < -0.3 is 19.9 Å². The zero-order valence-electron chi connectivity index (χ0n) is 17.8. The van der Waals surface area contributed by atoms with E-state index in [0.29, 0.717) is 17.9 Å². The first-order chi connectivity index (χ1) is 15.5. The number of urea groups is 1. The summed E-state index contributed by atoms with van der Waals surface area (Å²) < 4.78 is 72.4. The molecule has 8 nitrogen and oxygen atoms in total. The lowest BCUT2D eigenvalue weighted by molar-refractivity contribution is -0.274. The summed E-state index contributed by atoms with van der Waals surface area (Å²) >= 11 is 0. The van der Waals surface area contributed by atoms with E-state index in [1.54, 1.807) is 0 Å². The lowest BCUT2D eigenvalue weighted by Gasteiger charge is -2.16. The molecule has 2 aromatic carbocycles. The molecule has 0 aliphatic rings. The molecule has 33 heavy (non-hydrogen) atoms. The Morgan fingerprint density at radius 3 is 2.21 bits per heavy atom. The van der Waals surface area contributed by atoms with Crippen molar-refractivity contribution in [2.75, 3.05) is 19.8 Å². The molecule has 0 aliphatic carbocycles. The third-order valence-electron chi connectivity index (χ3n) is 4.32. The molecular weight excluding hydrogens is 465 g/mol. The molecule has 0 heterocycles. The Morgan fingerprint density at radius 2 is 1.67 bits per heavy atom. The molecule has 3 N–H and O–H groups in total. The van der Waals surface area contributed by atoms with Crippen molar-refractivity contribution >= 4 is 16.1 Å². The average molecular weight is 491 g/mol. The molecule has 0 saturated carbocycles. The zero-order valence-corrected chi connectivity index (χ0v) is 18.6. The fraction of sp³-hybridized carbons (Fsp3) is 0.381. The number of hydrogen-bond donors (Lipinski definition) is 3. The highest BCUT2D eigenvalue weighted by Crippen LogP contribution is 2.23. The van der Waals surface area contributed by atoms with E-state index in [4.69, 9.17) is 4.74 Å². The number of aliphatic hydroxyl groups excluding tert-OH is 1. The second-order valence-corrected chi connectivity index (χ2v) is 8.76. The van der Waals surface area contributed by atoms with Crippen molar-refractivity contribution in [3.8, 4) is 11.5 Å².